The zero-order valence-corrected chi connectivity index (χ0v) is 69.9. The van der Waals surface area contributed by atoms with Gasteiger partial charge in [0.2, 0.25) is 41.4 Å². The van der Waals surface area contributed by atoms with Crippen LogP contribution in [0.3, 0.4) is 0 Å². The van der Waals surface area contributed by atoms with Gasteiger partial charge in [0.1, 0.15) is 29.6 Å². The molecule has 640 valence electrons. The standard InChI is InChI=1S/2C23H18N2O3.C22H16N2O3.C18H16N2O3.C17H13ClN2O3/c26-21-20(18-12-6-2-7-13-18)22(27)25(19-14-8-3-9-15-19)23(28)24(21)16-17-10-4-1-5-11-17;26-21-20(16-17-10-4-1-5-11-17)22(27)25(19-14-8-3-9-15-19)23(28)24(21)18-12-6-2-7-13-18;25-20-19(16-10-4-1-5-11-16)21(26)24(18-14-8-3-9-15-18)22(27)23(20)17-12-6-2-7-13-17;1-12-7-9-14(10-8-12)15-16(21)19-18(23)20(17(15)22)11-13-5-3-2-4-6-13;18-13-8-6-12(7-9-13)14-15(21)19-17(23)20(16(14)22)10-11-4-2-1-3-5-11/h2*1-15,20H,16H2;1-15,19H;2-10,15H,11H2,1H3,(H,19,21,23);1-9,14H,10H2,(H,19,21,23). The topological polar surface area (TPSA) is 306 Å². The third-order valence-corrected chi connectivity index (χ3v) is 21.7. The number of benzene rings is 13. The summed E-state index contributed by atoms with van der Waals surface area (Å²) in [5.74, 6) is -10.5. The molecule has 0 radical (unpaired) electrons. The molecule has 13 aromatic carbocycles. The minimum absolute atomic E-state index is 0.110. The van der Waals surface area contributed by atoms with Gasteiger partial charge >= 0.3 is 30.2 Å². The maximum Gasteiger partial charge on any atom is 0.342 e. The van der Waals surface area contributed by atoms with Gasteiger partial charge in [-0.05, 0) is 131 Å². The van der Waals surface area contributed by atoms with Gasteiger partial charge in [0.05, 0.1) is 48.1 Å². The minimum atomic E-state index is -1.08. The van der Waals surface area contributed by atoms with Crippen molar-refractivity contribution in [3.63, 3.8) is 0 Å². The molecule has 0 saturated carbocycles. The fourth-order valence-corrected chi connectivity index (χ4v) is 15.1. The Morgan fingerprint density at radius 3 is 0.775 bits per heavy atom. The van der Waals surface area contributed by atoms with Crippen LogP contribution in [0.2, 0.25) is 5.02 Å². The summed E-state index contributed by atoms with van der Waals surface area (Å²) in [6.07, 6.45) is 0.235. The van der Waals surface area contributed by atoms with Crippen molar-refractivity contribution >= 4 is 129 Å². The molecule has 26 heteroatoms. The number of imide groups is 10. The molecule has 5 saturated heterocycles. The number of anilines is 5. The van der Waals surface area contributed by atoms with Crippen LogP contribution in [0.4, 0.5) is 52.4 Å². The van der Waals surface area contributed by atoms with Crippen molar-refractivity contribution < 1.29 is 71.9 Å². The summed E-state index contributed by atoms with van der Waals surface area (Å²) in [5.41, 5.74) is 8.78. The number of urea groups is 5. The van der Waals surface area contributed by atoms with Crippen molar-refractivity contribution in [2.75, 3.05) is 24.5 Å². The van der Waals surface area contributed by atoms with Gasteiger partial charge in [-0.15, -0.1) is 0 Å². The zero-order valence-electron chi connectivity index (χ0n) is 69.2. The van der Waals surface area contributed by atoms with Crippen molar-refractivity contribution in [3.8, 4) is 0 Å². The van der Waals surface area contributed by atoms with Gasteiger partial charge in [0.15, 0.2) is 0 Å². The van der Waals surface area contributed by atoms with E-state index in [2.05, 4.69) is 10.6 Å². The Hall–Kier alpha value is -16.8. The summed E-state index contributed by atoms with van der Waals surface area (Å²) in [7, 11) is 0. The number of hydrogen-bond donors (Lipinski definition) is 2. The van der Waals surface area contributed by atoms with Crippen molar-refractivity contribution in [2.24, 2.45) is 5.92 Å². The zero-order chi connectivity index (χ0) is 90.6. The maximum absolute atomic E-state index is 13.2. The molecule has 18 rings (SSSR count). The van der Waals surface area contributed by atoms with Gasteiger partial charge in [0.25, 0.3) is 17.7 Å². The molecule has 0 aliphatic carbocycles. The normalized spacial score (nSPS) is 16.7. The van der Waals surface area contributed by atoms with Crippen molar-refractivity contribution in [3.05, 3.63) is 437 Å². The summed E-state index contributed by atoms with van der Waals surface area (Å²) in [6, 6.07) is 108. The molecule has 13 aromatic rings. The number of amides is 20. The van der Waals surface area contributed by atoms with Crippen LogP contribution in [0.15, 0.2) is 382 Å². The Morgan fingerprint density at radius 2 is 0.465 bits per heavy atom. The molecule has 5 heterocycles. The molecule has 20 amide bonds. The van der Waals surface area contributed by atoms with E-state index in [0.717, 1.165) is 67.0 Å². The Kier molecular flexibility index (Phi) is 28.2. The van der Waals surface area contributed by atoms with Crippen LogP contribution >= 0.6 is 11.6 Å². The van der Waals surface area contributed by atoms with E-state index in [1.807, 2.05) is 171 Å². The van der Waals surface area contributed by atoms with Gasteiger partial charge in [-0.1, -0.05) is 327 Å². The number of para-hydroxylation sites is 5. The van der Waals surface area contributed by atoms with E-state index in [0.29, 0.717) is 55.7 Å². The van der Waals surface area contributed by atoms with Gasteiger partial charge < -0.3 is 0 Å². The molecule has 5 aliphatic rings. The number of nitrogens with one attached hydrogen (secondary N) is 2. The number of barbiturate groups is 5. The van der Waals surface area contributed by atoms with E-state index in [9.17, 15) is 71.9 Å². The van der Waals surface area contributed by atoms with Crippen LogP contribution in [0.1, 0.15) is 73.7 Å². The third-order valence-electron chi connectivity index (χ3n) is 21.4. The molecule has 3 atom stereocenters. The number of rotatable bonds is 17. The van der Waals surface area contributed by atoms with Crippen LogP contribution in [0.25, 0.3) is 0 Å². The molecular weight excluding hydrogens is 1650 g/mol. The molecule has 25 nitrogen and oxygen atoms in total. The number of carbonyl (C=O) groups is 15. The Balaban J connectivity index is 0.000000131. The van der Waals surface area contributed by atoms with E-state index >= 15 is 0 Å². The predicted octanol–water partition coefficient (Wildman–Crippen LogP) is 17.0. The first-order valence-corrected chi connectivity index (χ1v) is 41.3. The monoisotopic (exact) mass is 1730 g/mol. The molecule has 0 aromatic heterocycles. The highest BCUT2D eigenvalue weighted by Gasteiger charge is 2.51. The van der Waals surface area contributed by atoms with Gasteiger partial charge in [-0.3, -0.25) is 73.3 Å². The number of halogens is 1. The Labute approximate surface area is 746 Å². The highest BCUT2D eigenvalue weighted by atomic mass is 35.5. The van der Waals surface area contributed by atoms with E-state index in [1.54, 1.807) is 218 Å². The first-order chi connectivity index (χ1) is 62.6. The van der Waals surface area contributed by atoms with Crippen LogP contribution in [0, 0.1) is 12.8 Å². The van der Waals surface area contributed by atoms with Crippen LogP contribution in [-0.4, -0.2) is 104 Å². The predicted molar refractivity (Wildman–Crippen MR) is 484 cm³/mol. The lowest BCUT2D eigenvalue weighted by Gasteiger charge is -2.37. The molecule has 0 bridgehead atoms. The number of carbonyl (C=O) groups excluding carboxylic acids is 15. The molecule has 0 spiro atoms. The fraction of sp³-hybridized carbons (Fsp3) is 0.0971. The van der Waals surface area contributed by atoms with Crippen molar-refractivity contribution in [1.82, 2.24) is 25.3 Å². The summed E-state index contributed by atoms with van der Waals surface area (Å²) in [6.45, 7) is 2.29. The first kappa shape index (κ1) is 88.5. The SMILES string of the molecule is Cc1ccc(C2C(=O)NC(=O)N(Cc3ccccc3)C2=O)cc1.O=C1C(Cc2ccccc2)C(=O)N(c2ccccc2)C(=O)N1c1ccccc1.O=C1C(c2ccccc2)C(=O)N(c2ccccc2)C(=O)N1Cc1ccccc1.O=C1C(c2ccccc2)C(=O)N(c2ccccc2)C(=O)N1c1ccccc1.O=C1NC(=O)N(Cc2ccccc2)C(=O)C1c1ccc(Cl)cc1. The third kappa shape index (κ3) is 20.4. The number of hydrogen-bond acceptors (Lipinski definition) is 15. The van der Waals surface area contributed by atoms with Gasteiger partial charge in [0, 0.05) is 5.02 Å². The first-order valence-electron chi connectivity index (χ1n) is 40.9. The highest BCUT2D eigenvalue weighted by Crippen LogP contribution is 2.37. The Bertz CT molecular complexity index is 5720. The fourth-order valence-electron chi connectivity index (χ4n) is 15.0. The number of aryl methyl sites for hydroxylation is 1. The quantitative estimate of drug-likeness (QED) is 0.0801. The smallest absolute Gasteiger partial charge is 0.277 e. The lowest BCUT2D eigenvalue weighted by atomic mass is 9.93. The van der Waals surface area contributed by atoms with Gasteiger partial charge in [-0.25, -0.2) is 48.5 Å². The average molecular weight is 1730 g/mol. The summed E-state index contributed by atoms with van der Waals surface area (Å²) >= 11 is 5.83. The second-order valence-corrected chi connectivity index (χ2v) is 30.4. The minimum Gasteiger partial charge on any atom is -0.277 e. The number of nitrogens with zero attached hydrogens (tertiary/aromatic N) is 8. The van der Waals surface area contributed by atoms with Crippen LogP contribution in [0.5, 0.6) is 0 Å². The van der Waals surface area contributed by atoms with E-state index in [4.69, 9.17) is 11.6 Å². The van der Waals surface area contributed by atoms with Gasteiger partial charge in [-0.2, -0.15) is 0 Å². The summed E-state index contributed by atoms with van der Waals surface area (Å²) < 4.78 is 0. The molecule has 5 aliphatic heterocycles. The van der Waals surface area contributed by atoms with Crippen LogP contribution < -0.4 is 35.1 Å². The van der Waals surface area contributed by atoms with Crippen molar-refractivity contribution in [1.29, 1.82) is 0 Å². The Morgan fingerprint density at radius 1 is 0.233 bits per heavy atom. The molecular formula is C103H81ClN10O15. The largest absolute Gasteiger partial charge is 0.342 e. The molecule has 5 fully saturated rings. The lowest BCUT2D eigenvalue weighted by Crippen LogP contribution is -2.61. The average Bonchev–Trinajstić information content (AvgIpc) is 0.754. The van der Waals surface area contributed by atoms with E-state index in [1.165, 1.54) is 0 Å². The second-order valence-electron chi connectivity index (χ2n) is 30.0. The van der Waals surface area contributed by atoms with E-state index < -0.39 is 119 Å². The van der Waals surface area contributed by atoms with Crippen LogP contribution in [-0.2, 0) is 74.0 Å². The summed E-state index contributed by atoms with van der Waals surface area (Å²) in [4.78, 5) is 201. The summed E-state index contributed by atoms with van der Waals surface area (Å²) in [5, 5.41) is 5.02. The molecule has 3 unspecified atom stereocenters. The molecule has 129 heavy (non-hydrogen) atoms. The second kappa shape index (κ2) is 41.1. The van der Waals surface area contributed by atoms with E-state index in [-0.39, 0.29) is 26.1 Å². The molecule has 2 N–H and O–H groups in total. The lowest BCUT2D eigenvalue weighted by molar-refractivity contribution is -0.140. The van der Waals surface area contributed by atoms with Crippen molar-refractivity contribution in [2.45, 2.75) is 56.7 Å². The highest BCUT2D eigenvalue weighted by molar-refractivity contribution is 6.39. The maximum atomic E-state index is 13.2.